The van der Waals surface area contributed by atoms with Crippen LogP contribution in [0.15, 0.2) is 84.6 Å². The van der Waals surface area contributed by atoms with Crippen molar-refractivity contribution in [3.63, 3.8) is 0 Å². The summed E-state index contributed by atoms with van der Waals surface area (Å²) in [6, 6.07) is 21.9. The maximum atomic E-state index is 13.5. The van der Waals surface area contributed by atoms with Crippen LogP contribution in [0.1, 0.15) is 27.9 Å². The van der Waals surface area contributed by atoms with Gasteiger partial charge in [-0.2, -0.15) is 0 Å². The van der Waals surface area contributed by atoms with Gasteiger partial charge < -0.3 is 4.90 Å². The standard InChI is InChI=1S/C24H21NO/c1-25(2)22-14-8-13-20(22)21-16-15-17-9-6-7-12-19(17)23(21)24(26)18-10-4-3-5-11-18/h3-12,14-16H,13H2,1-2H3. The summed E-state index contributed by atoms with van der Waals surface area (Å²) in [5.74, 6) is 0.0786. The van der Waals surface area contributed by atoms with Crippen LogP contribution in [0, 0.1) is 0 Å². The second-order valence-corrected chi connectivity index (χ2v) is 6.77. The van der Waals surface area contributed by atoms with Crippen molar-refractivity contribution in [3.05, 3.63) is 101 Å². The Balaban J connectivity index is 2.00. The van der Waals surface area contributed by atoms with E-state index in [4.69, 9.17) is 0 Å². The number of nitrogens with zero attached hydrogens (tertiary/aromatic N) is 1. The summed E-state index contributed by atoms with van der Waals surface area (Å²) in [6.07, 6.45) is 5.15. The SMILES string of the molecule is CN(C)C1=C(c2ccc3ccccc3c2C(=O)c2ccccc2)CC=C1. The molecule has 0 atom stereocenters. The number of rotatable bonds is 4. The maximum Gasteiger partial charge on any atom is 0.194 e. The van der Waals surface area contributed by atoms with Crippen molar-refractivity contribution in [1.29, 1.82) is 0 Å². The highest BCUT2D eigenvalue weighted by molar-refractivity contribution is 6.19. The summed E-state index contributed by atoms with van der Waals surface area (Å²) in [5.41, 5.74) is 4.93. The van der Waals surface area contributed by atoms with E-state index in [1.165, 1.54) is 11.3 Å². The molecule has 0 radical (unpaired) electrons. The van der Waals surface area contributed by atoms with E-state index < -0.39 is 0 Å². The number of carbonyl (C=O) groups excluding carboxylic acids is 1. The number of ketones is 1. The van der Waals surface area contributed by atoms with Gasteiger partial charge in [0.15, 0.2) is 5.78 Å². The van der Waals surface area contributed by atoms with Crippen LogP contribution in [-0.2, 0) is 0 Å². The molecule has 128 valence electrons. The second-order valence-electron chi connectivity index (χ2n) is 6.77. The first-order chi connectivity index (χ1) is 12.7. The van der Waals surface area contributed by atoms with Crippen LogP contribution in [-0.4, -0.2) is 24.8 Å². The predicted octanol–water partition coefficient (Wildman–Crippen LogP) is 5.30. The lowest BCUT2D eigenvalue weighted by Gasteiger charge is -2.19. The van der Waals surface area contributed by atoms with Crippen LogP contribution in [0.3, 0.4) is 0 Å². The van der Waals surface area contributed by atoms with Gasteiger partial charge >= 0.3 is 0 Å². The van der Waals surface area contributed by atoms with Crippen LogP contribution in [0.5, 0.6) is 0 Å². The van der Waals surface area contributed by atoms with E-state index in [0.29, 0.717) is 0 Å². The molecule has 3 aromatic carbocycles. The smallest absolute Gasteiger partial charge is 0.194 e. The minimum Gasteiger partial charge on any atom is -0.377 e. The van der Waals surface area contributed by atoms with Crippen LogP contribution >= 0.6 is 0 Å². The minimum atomic E-state index is 0.0786. The van der Waals surface area contributed by atoms with E-state index in [9.17, 15) is 4.79 Å². The molecule has 0 N–H and O–H groups in total. The lowest BCUT2D eigenvalue weighted by Crippen LogP contribution is -2.12. The molecule has 0 fully saturated rings. The fraction of sp³-hybridized carbons (Fsp3) is 0.125. The van der Waals surface area contributed by atoms with Crippen molar-refractivity contribution < 1.29 is 4.79 Å². The number of hydrogen-bond donors (Lipinski definition) is 0. The number of hydrogen-bond acceptors (Lipinski definition) is 2. The monoisotopic (exact) mass is 339 g/mol. The zero-order chi connectivity index (χ0) is 18.1. The Kier molecular flexibility index (Phi) is 4.18. The minimum absolute atomic E-state index is 0.0786. The van der Waals surface area contributed by atoms with Gasteiger partial charge in [0.2, 0.25) is 0 Å². The van der Waals surface area contributed by atoms with Crippen LogP contribution < -0.4 is 0 Å². The lowest BCUT2D eigenvalue weighted by molar-refractivity contribution is 0.104. The molecule has 2 nitrogen and oxygen atoms in total. The summed E-state index contributed by atoms with van der Waals surface area (Å²) in [4.78, 5) is 15.6. The van der Waals surface area contributed by atoms with E-state index in [1.807, 2.05) is 62.6 Å². The molecular weight excluding hydrogens is 318 g/mol. The molecule has 0 aliphatic heterocycles. The van der Waals surface area contributed by atoms with Crippen LogP contribution in [0.4, 0.5) is 0 Å². The van der Waals surface area contributed by atoms with Crippen LogP contribution in [0.2, 0.25) is 0 Å². The quantitative estimate of drug-likeness (QED) is 0.601. The predicted molar refractivity (Wildman–Crippen MR) is 108 cm³/mol. The number of allylic oxidation sites excluding steroid dienone is 3. The molecule has 0 saturated heterocycles. The Morgan fingerprint density at radius 1 is 0.885 bits per heavy atom. The molecule has 4 rings (SSSR count). The van der Waals surface area contributed by atoms with Gasteiger partial charge in [-0.3, -0.25) is 4.79 Å². The number of likely N-dealkylation sites (N-methyl/N-ethyl adjacent to an activating group) is 1. The van der Waals surface area contributed by atoms with Crippen molar-refractivity contribution in [1.82, 2.24) is 4.90 Å². The molecule has 0 amide bonds. The normalized spacial score (nSPS) is 13.5. The van der Waals surface area contributed by atoms with Gasteiger partial charge in [-0.1, -0.05) is 72.8 Å². The van der Waals surface area contributed by atoms with E-state index in [1.54, 1.807) is 0 Å². The highest BCUT2D eigenvalue weighted by Crippen LogP contribution is 2.36. The molecule has 0 spiro atoms. The van der Waals surface area contributed by atoms with Crippen molar-refractivity contribution in [3.8, 4) is 0 Å². The van der Waals surface area contributed by atoms with Gasteiger partial charge in [0.05, 0.1) is 0 Å². The van der Waals surface area contributed by atoms with Crippen molar-refractivity contribution >= 4 is 22.1 Å². The average Bonchev–Trinajstić information content (AvgIpc) is 3.17. The van der Waals surface area contributed by atoms with Crippen molar-refractivity contribution in [2.45, 2.75) is 6.42 Å². The van der Waals surface area contributed by atoms with E-state index in [0.717, 1.165) is 33.9 Å². The molecule has 26 heavy (non-hydrogen) atoms. The molecule has 0 bridgehead atoms. The fourth-order valence-electron chi connectivity index (χ4n) is 3.66. The van der Waals surface area contributed by atoms with Gasteiger partial charge in [-0.25, -0.2) is 0 Å². The largest absolute Gasteiger partial charge is 0.377 e. The Morgan fingerprint density at radius 3 is 2.38 bits per heavy atom. The zero-order valence-electron chi connectivity index (χ0n) is 15.1. The average molecular weight is 339 g/mol. The highest BCUT2D eigenvalue weighted by atomic mass is 16.1. The summed E-state index contributed by atoms with van der Waals surface area (Å²) in [7, 11) is 4.09. The number of carbonyl (C=O) groups is 1. The topological polar surface area (TPSA) is 20.3 Å². The van der Waals surface area contributed by atoms with Gasteiger partial charge in [0.1, 0.15) is 0 Å². The third kappa shape index (κ3) is 2.74. The van der Waals surface area contributed by atoms with Crippen molar-refractivity contribution in [2.24, 2.45) is 0 Å². The summed E-state index contributed by atoms with van der Waals surface area (Å²) in [6.45, 7) is 0. The third-order valence-electron chi connectivity index (χ3n) is 4.91. The van der Waals surface area contributed by atoms with Crippen LogP contribution in [0.25, 0.3) is 16.3 Å². The summed E-state index contributed by atoms with van der Waals surface area (Å²) < 4.78 is 0. The Hall–Kier alpha value is -3.13. The van der Waals surface area contributed by atoms with E-state index in [-0.39, 0.29) is 5.78 Å². The molecule has 0 unspecified atom stereocenters. The van der Waals surface area contributed by atoms with Gasteiger partial charge in [-0.05, 0) is 34.4 Å². The highest BCUT2D eigenvalue weighted by Gasteiger charge is 2.22. The van der Waals surface area contributed by atoms with E-state index in [2.05, 4.69) is 35.3 Å². The Bertz CT molecular complexity index is 1040. The number of fused-ring (bicyclic) bond motifs is 1. The molecule has 0 aromatic heterocycles. The Morgan fingerprint density at radius 2 is 1.62 bits per heavy atom. The van der Waals surface area contributed by atoms with Gasteiger partial charge in [0, 0.05) is 30.9 Å². The third-order valence-corrected chi connectivity index (χ3v) is 4.91. The first-order valence-electron chi connectivity index (χ1n) is 8.85. The van der Waals surface area contributed by atoms with Gasteiger partial charge in [-0.15, -0.1) is 0 Å². The molecule has 1 aliphatic carbocycles. The van der Waals surface area contributed by atoms with Gasteiger partial charge in [0.25, 0.3) is 0 Å². The molecule has 1 aliphatic rings. The first-order valence-corrected chi connectivity index (χ1v) is 8.85. The zero-order valence-corrected chi connectivity index (χ0v) is 15.1. The molecule has 0 saturated carbocycles. The van der Waals surface area contributed by atoms with E-state index >= 15 is 0 Å². The molecule has 2 heteroatoms. The lowest BCUT2D eigenvalue weighted by atomic mass is 9.88. The molecule has 0 heterocycles. The Labute approximate surface area is 154 Å². The second kappa shape index (κ2) is 6.64. The summed E-state index contributed by atoms with van der Waals surface area (Å²) in [5, 5.41) is 2.10. The first kappa shape index (κ1) is 16.3. The number of benzene rings is 3. The fourth-order valence-corrected chi connectivity index (χ4v) is 3.66. The molecule has 3 aromatic rings. The maximum absolute atomic E-state index is 13.5. The van der Waals surface area contributed by atoms with Crippen molar-refractivity contribution in [2.75, 3.05) is 14.1 Å². The molecular formula is C24H21NO. The summed E-state index contributed by atoms with van der Waals surface area (Å²) >= 11 is 0.